The van der Waals surface area contributed by atoms with Gasteiger partial charge in [-0.2, -0.15) is 0 Å². The first kappa shape index (κ1) is 16.9. The van der Waals surface area contributed by atoms with Crippen LogP contribution in [0, 0.1) is 0 Å². The van der Waals surface area contributed by atoms with E-state index in [4.69, 9.17) is 16.3 Å². The van der Waals surface area contributed by atoms with Crippen molar-refractivity contribution in [2.45, 2.75) is 32.0 Å². The smallest absolute Gasteiger partial charge is 0.227 e. The van der Waals surface area contributed by atoms with Gasteiger partial charge in [-0.3, -0.25) is 9.78 Å². The third-order valence-corrected chi connectivity index (χ3v) is 4.42. The molecule has 2 aromatic rings. The number of ether oxygens (including phenoxy) is 1. The lowest BCUT2D eigenvalue weighted by Gasteiger charge is -2.32. The number of carbonyl (C=O) groups is 1. The highest BCUT2D eigenvalue weighted by Gasteiger charge is 2.24. The SMILES string of the molecule is O=C(Cc1cccc(Cl)c1)N1CCC[C@H](OCc2cccnc2)C1. The topological polar surface area (TPSA) is 42.4 Å². The standard InChI is InChI=1S/C19H21ClN2O2/c20-17-6-1-4-15(10-17)11-19(23)22-9-3-7-18(13-22)24-14-16-5-2-8-21-12-16/h1-2,4-6,8,10,12,18H,3,7,9,11,13-14H2/t18-/m0/s1. The van der Waals surface area contributed by atoms with Gasteiger partial charge in [-0.05, 0) is 42.2 Å². The Hall–Kier alpha value is -1.91. The van der Waals surface area contributed by atoms with E-state index in [0.29, 0.717) is 24.6 Å². The molecule has 126 valence electrons. The second-order valence-corrected chi connectivity index (χ2v) is 6.52. The van der Waals surface area contributed by atoms with E-state index < -0.39 is 0 Å². The molecule has 1 atom stereocenters. The number of amides is 1. The van der Waals surface area contributed by atoms with E-state index in [9.17, 15) is 4.79 Å². The summed E-state index contributed by atoms with van der Waals surface area (Å²) in [5.74, 6) is 0.131. The van der Waals surface area contributed by atoms with Crippen molar-refractivity contribution in [3.05, 3.63) is 64.9 Å². The van der Waals surface area contributed by atoms with Gasteiger partial charge in [0.2, 0.25) is 5.91 Å². The van der Waals surface area contributed by atoms with E-state index in [2.05, 4.69) is 4.98 Å². The molecule has 0 radical (unpaired) electrons. The summed E-state index contributed by atoms with van der Waals surface area (Å²) in [5, 5.41) is 0.664. The fourth-order valence-corrected chi connectivity index (χ4v) is 3.14. The van der Waals surface area contributed by atoms with E-state index in [1.165, 1.54) is 0 Å². The van der Waals surface area contributed by atoms with Gasteiger partial charge < -0.3 is 9.64 Å². The molecule has 1 fully saturated rings. The lowest BCUT2D eigenvalue weighted by Crippen LogP contribution is -2.43. The highest BCUT2D eigenvalue weighted by atomic mass is 35.5. The molecule has 5 heteroatoms. The van der Waals surface area contributed by atoms with Crippen LogP contribution in [0.4, 0.5) is 0 Å². The lowest BCUT2D eigenvalue weighted by molar-refractivity contribution is -0.134. The number of carbonyl (C=O) groups excluding carboxylic acids is 1. The number of halogens is 1. The summed E-state index contributed by atoms with van der Waals surface area (Å²) in [6.45, 7) is 1.99. The number of piperidine rings is 1. The molecule has 24 heavy (non-hydrogen) atoms. The van der Waals surface area contributed by atoms with Crippen molar-refractivity contribution in [2.75, 3.05) is 13.1 Å². The largest absolute Gasteiger partial charge is 0.372 e. The zero-order valence-electron chi connectivity index (χ0n) is 13.5. The van der Waals surface area contributed by atoms with Crippen molar-refractivity contribution in [1.82, 2.24) is 9.88 Å². The zero-order valence-corrected chi connectivity index (χ0v) is 14.3. The van der Waals surface area contributed by atoms with Crippen LogP contribution in [0.1, 0.15) is 24.0 Å². The molecule has 4 nitrogen and oxygen atoms in total. The fraction of sp³-hybridized carbons (Fsp3) is 0.368. The number of nitrogens with zero attached hydrogens (tertiary/aromatic N) is 2. The summed E-state index contributed by atoms with van der Waals surface area (Å²) < 4.78 is 5.96. The van der Waals surface area contributed by atoms with E-state index in [0.717, 1.165) is 30.5 Å². The maximum Gasteiger partial charge on any atom is 0.227 e. The zero-order chi connectivity index (χ0) is 16.8. The molecule has 3 rings (SSSR count). The van der Waals surface area contributed by atoms with Crippen LogP contribution in [0.2, 0.25) is 5.02 Å². The van der Waals surface area contributed by atoms with Crippen LogP contribution in [0.15, 0.2) is 48.8 Å². The van der Waals surface area contributed by atoms with E-state index >= 15 is 0 Å². The minimum atomic E-state index is 0.0854. The molecule has 1 aromatic carbocycles. The molecule has 1 saturated heterocycles. The Kier molecular flexibility index (Phi) is 5.83. The van der Waals surface area contributed by atoms with Crippen molar-refractivity contribution in [3.63, 3.8) is 0 Å². The Labute approximate surface area is 147 Å². The van der Waals surface area contributed by atoms with Crippen molar-refractivity contribution >= 4 is 17.5 Å². The van der Waals surface area contributed by atoms with Crippen LogP contribution in [0.5, 0.6) is 0 Å². The molecular formula is C19H21ClN2O2. The maximum atomic E-state index is 12.5. The molecular weight excluding hydrogens is 324 g/mol. The molecule has 1 amide bonds. The molecule has 0 bridgehead atoms. The van der Waals surface area contributed by atoms with Crippen molar-refractivity contribution in [2.24, 2.45) is 0 Å². The van der Waals surface area contributed by atoms with Crippen LogP contribution in [-0.4, -0.2) is 35.0 Å². The average molecular weight is 345 g/mol. The summed E-state index contributed by atoms with van der Waals surface area (Å²) in [4.78, 5) is 18.5. The second kappa shape index (κ2) is 8.27. The minimum absolute atomic E-state index is 0.0854. The number of pyridine rings is 1. The second-order valence-electron chi connectivity index (χ2n) is 6.08. The molecule has 0 saturated carbocycles. The molecule has 0 unspecified atom stereocenters. The van der Waals surface area contributed by atoms with Crippen LogP contribution in [0.3, 0.4) is 0 Å². The van der Waals surface area contributed by atoms with Gasteiger partial charge in [0.1, 0.15) is 0 Å². The predicted molar refractivity (Wildman–Crippen MR) is 93.8 cm³/mol. The van der Waals surface area contributed by atoms with Crippen LogP contribution in [-0.2, 0) is 22.6 Å². The van der Waals surface area contributed by atoms with E-state index in [1.54, 1.807) is 6.20 Å². The molecule has 1 aromatic heterocycles. The van der Waals surface area contributed by atoms with Crippen LogP contribution < -0.4 is 0 Å². The van der Waals surface area contributed by atoms with Gasteiger partial charge in [0.15, 0.2) is 0 Å². The predicted octanol–water partition coefficient (Wildman–Crippen LogP) is 3.49. The summed E-state index contributed by atoms with van der Waals surface area (Å²) >= 11 is 5.99. The Morgan fingerprint density at radius 1 is 1.29 bits per heavy atom. The number of aromatic nitrogens is 1. The minimum Gasteiger partial charge on any atom is -0.372 e. The number of likely N-dealkylation sites (tertiary alicyclic amines) is 1. The van der Waals surface area contributed by atoms with Crippen molar-refractivity contribution in [3.8, 4) is 0 Å². The van der Waals surface area contributed by atoms with Gasteiger partial charge in [0.05, 0.1) is 19.1 Å². The van der Waals surface area contributed by atoms with Gasteiger partial charge in [-0.25, -0.2) is 0 Å². The number of rotatable bonds is 5. The molecule has 1 aliphatic heterocycles. The van der Waals surface area contributed by atoms with Crippen molar-refractivity contribution in [1.29, 1.82) is 0 Å². The summed E-state index contributed by atoms with van der Waals surface area (Å²) in [5.41, 5.74) is 2.01. The summed E-state index contributed by atoms with van der Waals surface area (Å²) in [6, 6.07) is 11.4. The van der Waals surface area contributed by atoms with Gasteiger partial charge in [0.25, 0.3) is 0 Å². The number of benzene rings is 1. The monoisotopic (exact) mass is 344 g/mol. The van der Waals surface area contributed by atoms with E-state index in [-0.39, 0.29) is 12.0 Å². The van der Waals surface area contributed by atoms with Crippen LogP contribution >= 0.6 is 11.6 Å². The van der Waals surface area contributed by atoms with Gasteiger partial charge >= 0.3 is 0 Å². The molecule has 0 aliphatic carbocycles. The quantitative estimate of drug-likeness (QED) is 0.834. The van der Waals surface area contributed by atoms with Crippen LogP contribution in [0.25, 0.3) is 0 Å². The average Bonchev–Trinajstić information content (AvgIpc) is 2.61. The Bertz CT molecular complexity index is 678. The lowest BCUT2D eigenvalue weighted by atomic mass is 10.1. The highest BCUT2D eigenvalue weighted by Crippen LogP contribution is 2.17. The third kappa shape index (κ3) is 4.79. The molecule has 0 N–H and O–H groups in total. The fourth-order valence-electron chi connectivity index (χ4n) is 2.93. The van der Waals surface area contributed by atoms with Gasteiger partial charge in [-0.1, -0.05) is 29.8 Å². The first-order chi connectivity index (χ1) is 11.7. The number of hydrogen-bond donors (Lipinski definition) is 0. The highest BCUT2D eigenvalue weighted by molar-refractivity contribution is 6.30. The normalized spacial score (nSPS) is 17.7. The van der Waals surface area contributed by atoms with E-state index in [1.807, 2.05) is 47.5 Å². The Morgan fingerprint density at radius 3 is 2.96 bits per heavy atom. The number of hydrogen-bond acceptors (Lipinski definition) is 3. The molecule has 2 heterocycles. The first-order valence-electron chi connectivity index (χ1n) is 8.23. The first-order valence-corrected chi connectivity index (χ1v) is 8.61. The molecule has 1 aliphatic rings. The third-order valence-electron chi connectivity index (χ3n) is 4.18. The maximum absolute atomic E-state index is 12.5. The van der Waals surface area contributed by atoms with Gasteiger partial charge in [0, 0.05) is 30.5 Å². The Balaban J connectivity index is 1.52. The van der Waals surface area contributed by atoms with Crippen molar-refractivity contribution < 1.29 is 9.53 Å². The molecule has 0 spiro atoms. The summed E-state index contributed by atoms with van der Waals surface area (Å²) in [6.07, 6.45) is 5.99. The summed E-state index contributed by atoms with van der Waals surface area (Å²) in [7, 11) is 0. The van der Waals surface area contributed by atoms with Gasteiger partial charge in [-0.15, -0.1) is 0 Å². The Morgan fingerprint density at radius 2 is 2.17 bits per heavy atom.